The Bertz CT molecular complexity index is 506. The second kappa shape index (κ2) is 7.60. The average molecular weight is 366 g/mol. The van der Waals surface area contributed by atoms with Crippen molar-refractivity contribution in [1.82, 2.24) is 5.32 Å². The summed E-state index contributed by atoms with van der Waals surface area (Å²) in [6.45, 7) is 3.28. The van der Waals surface area contributed by atoms with Crippen molar-refractivity contribution in [2.24, 2.45) is 5.92 Å². The summed E-state index contributed by atoms with van der Waals surface area (Å²) in [6.07, 6.45) is 6.97. The first-order chi connectivity index (χ1) is 10.7. The van der Waals surface area contributed by atoms with Crippen molar-refractivity contribution in [1.29, 1.82) is 0 Å². The van der Waals surface area contributed by atoms with Gasteiger partial charge in [-0.15, -0.1) is 0 Å². The lowest BCUT2D eigenvalue weighted by Crippen LogP contribution is -3.11. The number of amides is 1. The Morgan fingerprint density at radius 3 is 2.59 bits per heavy atom. The lowest BCUT2D eigenvalue weighted by molar-refractivity contribution is -0.919. The average Bonchev–Trinajstić information content (AvgIpc) is 3.01. The fraction of sp³-hybridized carbons (Fsp3) is 0.611. The summed E-state index contributed by atoms with van der Waals surface area (Å²) in [5.41, 5.74) is 1.37. The van der Waals surface area contributed by atoms with Crippen molar-refractivity contribution in [2.45, 2.75) is 51.1 Å². The van der Waals surface area contributed by atoms with Gasteiger partial charge in [-0.1, -0.05) is 40.9 Å². The lowest BCUT2D eigenvalue weighted by atomic mass is 9.95. The zero-order chi connectivity index (χ0) is 15.4. The molecule has 0 aromatic heterocycles. The van der Waals surface area contributed by atoms with E-state index in [1.54, 1.807) is 4.90 Å². The van der Waals surface area contributed by atoms with Crippen LogP contribution in [0.25, 0.3) is 0 Å². The molecule has 2 N–H and O–H groups in total. The van der Waals surface area contributed by atoms with E-state index in [0.717, 1.165) is 36.9 Å². The molecule has 22 heavy (non-hydrogen) atoms. The summed E-state index contributed by atoms with van der Waals surface area (Å²) < 4.78 is 1.15. The minimum atomic E-state index is 0.242. The van der Waals surface area contributed by atoms with Crippen molar-refractivity contribution >= 4 is 21.8 Å². The van der Waals surface area contributed by atoms with Gasteiger partial charge in [-0.05, 0) is 25.0 Å². The first-order valence-electron chi connectivity index (χ1n) is 8.59. The van der Waals surface area contributed by atoms with Gasteiger partial charge in [0.25, 0.3) is 0 Å². The van der Waals surface area contributed by atoms with Crippen LogP contribution in [0, 0.1) is 5.92 Å². The smallest absolute Gasteiger partial charge is 0.223 e. The van der Waals surface area contributed by atoms with Crippen molar-refractivity contribution in [3.8, 4) is 0 Å². The molecular formula is C18H26BrN2O+. The number of hydrogen-bond donors (Lipinski definition) is 2. The van der Waals surface area contributed by atoms with Gasteiger partial charge in [0.05, 0.1) is 13.1 Å². The molecule has 0 spiro atoms. The molecule has 1 aliphatic carbocycles. The highest BCUT2D eigenvalue weighted by Crippen LogP contribution is 2.19. The Hall–Kier alpha value is -0.870. The number of hydrogen-bond acceptors (Lipinski definition) is 1. The Kier molecular flexibility index (Phi) is 5.53. The van der Waals surface area contributed by atoms with Gasteiger partial charge in [0.2, 0.25) is 5.91 Å². The molecule has 0 radical (unpaired) electrons. The minimum Gasteiger partial charge on any atom is -0.353 e. The maximum Gasteiger partial charge on any atom is 0.223 e. The van der Waals surface area contributed by atoms with Crippen LogP contribution in [0.15, 0.2) is 28.7 Å². The molecule has 1 saturated heterocycles. The Balaban J connectivity index is 1.44. The van der Waals surface area contributed by atoms with Crippen LogP contribution in [0.1, 0.15) is 44.1 Å². The highest BCUT2D eigenvalue weighted by atomic mass is 79.9. The van der Waals surface area contributed by atoms with Gasteiger partial charge in [-0.3, -0.25) is 4.79 Å². The number of likely N-dealkylation sites (tertiary alicyclic amines) is 1. The van der Waals surface area contributed by atoms with Crippen LogP contribution < -0.4 is 10.2 Å². The van der Waals surface area contributed by atoms with Crippen LogP contribution in [-0.2, 0) is 11.3 Å². The monoisotopic (exact) mass is 365 g/mol. The van der Waals surface area contributed by atoms with E-state index in [9.17, 15) is 4.79 Å². The molecule has 4 heteroatoms. The van der Waals surface area contributed by atoms with E-state index in [1.807, 2.05) is 0 Å². The summed E-state index contributed by atoms with van der Waals surface area (Å²) >= 11 is 3.53. The van der Waals surface area contributed by atoms with Crippen LogP contribution in [-0.4, -0.2) is 25.0 Å². The molecule has 2 fully saturated rings. The summed E-state index contributed by atoms with van der Waals surface area (Å²) in [5.74, 6) is 0.556. The number of nitrogens with one attached hydrogen (secondary N) is 2. The molecule has 1 aromatic carbocycles. The van der Waals surface area contributed by atoms with Gasteiger partial charge >= 0.3 is 0 Å². The number of piperidine rings is 1. The zero-order valence-electron chi connectivity index (χ0n) is 13.1. The lowest BCUT2D eigenvalue weighted by Gasteiger charge is -2.29. The summed E-state index contributed by atoms with van der Waals surface area (Å²) in [4.78, 5) is 13.9. The quantitative estimate of drug-likeness (QED) is 0.843. The van der Waals surface area contributed by atoms with Gasteiger partial charge in [-0.2, -0.15) is 0 Å². The van der Waals surface area contributed by atoms with Crippen LogP contribution >= 0.6 is 15.9 Å². The topological polar surface area (TPSA) is 33.5 Å². The molecule has 0 bridgehead atoms. The molecule has 120 valence electrons. The Morgan fingerprint density at radius 2 is 1.91 bits per heavy atom. The van der Waals surface area contributed by atoms with Crippen LogP contribution in [0.4, 0.5) is 0 Å². The second-order valence-electron chi connectivity index (χ2n) is 6.82. The number of carbonyl (C=O) groups is 1. The van der Waals surface area contributed by atoms with E-state index < -0.39 is 0 Å². The van der Waals surface area contributed by atoms with Gasteiger partial charge < -0.3 is 10.2 Å². The van der Waals surface area contributed by atoms with E-state index in [2.05, 4.69) is 45.5 Å². The van der Waals surface area contributed by atoms with Crippen LogP contribution in [0.3, 0.4) is 0 Å². The van der Waals surface area contributed by atoms with Crippen molar-refractivity contribution in [3.63, 3.8) is 0 Å². The Labute approximate surface area is 141 Å². The summed E-state index contributed by atoms with van der Waals surface area (Å²) in [6, 6.07) is 9.02. The second-order valence-corrected chi connectivity index (χ2v) is 7.74. The number of rotatable bonds is 4. The standard InChI is InChI=1S/C18H25BrN2O/c19-16-5-3-4-14(12-16)13-21-10-8-15(9-11-21)18(22)20-17-6-1-2-7-17/h3-5,12,15,17H,1-2,6-11,13H2,(H,20,22)/p+1. The fourth-order valence-corrected chi connectivity index (χ4v) is 4.24. The summed E-state index contributed by atoms with van der Waals surface area (Å²) in [5, 5.41) is 3.27. The number of carbonyl (C=O) groups excluding carboxylic acids is 1. The Morgan fingerprint density at radius 1 is 1.18 bits per heavy atom. The molecule has 0 atom stereocenters. The van der Waals surface area contributed by atoms with E-state index >= 15 is 0 Å². The van der Waals surface area contributed by atoms with Gasteiger partial charge in [0.1, 0.15) is 6.54 Å². The predicted octanol–water partition coefficient (Wildman–Crippen LogP) is 2.30. The van der Waals surface area contributed by atoms with E-state index in [4.69, 9.17) is 0 Å². The summed E-state index contributed by atoms with van der Waals surface area (Å²) in [7, 11) is 0. The highest BCUT2D eigenvalue weighted by Gasteiger charge is 2.29. The molecule has 1 amide bonds. The molecule has 3 nitrogen and oxygen atoms in total. The largest absolute Gasteiger partial charge is 0.353 e. The number of benzene rings is 1. The zero-order valence-corrected chi connectivity index (χ0v) is 14.7. The molecule has 1 saturated carbocycles. The third-order valence-corrected chi connectivity index (χ3v) is 5.60. The molecule has 1 aliphatic heterocycles. The van der Waals surface area contributed by atoms with E-state index in [1.165, 1.54) is 31.2 Å². The van der Waals surface area contributed by atoms with E-state index in [-0.39, 0.29) is 5.92 Å². The number of halogens is 1. The molecule has 0 unspecified atom stereocenters. The van der Waals surface area contributed by atoms with Crippen molar-refractivity contribution < 1.29 is 9.69 Å². The molecule has 1 aromatic rings. The van der Waals surface area contributed by atoms with Gasteiger partial charge in [0.15, 0.2) is 0 Å². The van der Waals surface area contributed by atoms with Gasteiger partial charge in [0, 0.05) is 34.8 Å². The van der Waals surface area contributed by atoms with E-state index in [0.29, 0.717) is 11.9 Å². The minimum absolute atomic E-state index is 0.242. The maximum absolute atomic E-state index is 12.3. The van der Waals surface area contributed by atoms with Crippen LogP contribution in [0.5, 0.6) is 0 Å². The molecular weight excluding hydrogens is 340 g/mol. The van der Waals surface area contributed by atoms with Gasteiger partial charge in [-0.25, -0.2) is 0 Å². The molecule has 2 aliphatic rings. The molecule has 1 heterocycles. The predicted molar refractivity (Wildman–Crippen MR) is 91.7 cm³/mol. The van der Waals surface area contributed by atoms with Crippen LogP contribution in [0.2, 0.25) is 0 Å². The van der Waals surface area contributed by atoms with Crippen molar-refractivity contribution in [2.75, 3.05) is 13.1 Å². The maximum atomic E-state index is 12.3. The fourth-order valence-electron chi connectivity index (χ4n) is 3.79. The third-order valence-electron chi connectivity index (χ3n) is 5.11. The SMILES string of the molecule is O=C(NC1CCCC1)C1CC[NH+](Cc2cccc(Br)c2)CC1. The highest BCUT2D eigenvalue weighted by molar-refractivity contribution is 9.10. The van der Waals surface area contributed by atoms with Crippen molar-refractivity contribution in [3.05, 3.63) is 34.3 Å². The first kappa shape index (κ1) is 16.0. The third kappa shape index (κ3) is 4.32. The normalized spacial score (nSPS) is 26.0. The first-order valence-corrected chi connectivity index (χ1v) is 9.38. The molecule has 3 rings (SSSR count). The number of quaternary nitrogens is 1.